The number of aryl methyl sites for hydroxylation is 1. The van der Waals surface area contributed by atoms with Crippen molar-refractivity contribution in [1.82, 2.24) is 14.6 Å². The van der Waals surface area contributed by atoms with Crippen molar-refractivity contribution in [3.05, 3.63) is 60.3 Å². The van der Waals surface area contributed by atoms with E-state index in [9.17, 15) is 0 Å². The zero-order valence-corrected chi connectivity index (χ0v) is 11.6. The second kappa shape index (κ2) is 4.31. The maximum absolute atomic E-state index is 6.22. The van der Waals surface area contributed by atoms with Crippen LogP contribution in [-0.2, 0) is 0 Å². The fraction of sp³-hybridized carbons (Fsp3) is 0.0588. The minimum atomic E-state index is 0.712. The van der Waals surface area contributed by atoms with Gasteiger partial charge in [0.25, 0.3) is 0 Å². The van der Waals surface area contributed by atoms with E-state index in [1.807, 2.05) is 47.9 Å². The summed E-state index contributed by atoms with van der Waals surface area (Å²) in [5, 5.41) is 10.8. The van der Waals surface area contributed by atoms with Crippen molar-refractivity contribution in [3.8, 4) is 11.4 Å². The van der Waals surface area contributed by atoms with Gasteiger partial charge in [0.05, 0.1) is 0 Å². The molecule has 0 amide bonds. The molecule has 2 N–H and O–H groups in total. The molecule has 0 aliphatic carbocycles. The van der Waals surface area contributed by atoms with Gasteiger partial charge in [-0.25, -0.2) is 0 Å². The van der Waals surface area contributed by atoms with E-state index in [2.05, 4.69) is 28.4 Å². The molecule has 0 aliphatic heterocycles. The molecule has 0 radical (unpaired) electrons. The highest BCUT2D eigenvalue weighted by atomic mass is 15.2. The summed E-state index contributed by atoms with van der Waals surface area (Å²) >= 11 is 0. The van der Waals surface area contributed by atoms with Crippen molar-refractivity contribution in [3.63, 3.8) is 0 Å². The van der Waals surface area contributed by atoms with Crippen LogP contribution in [0.1, 0.15) is 5.56 Å². The molecule has 4 aromatic rings. The van der Waals surface area contributed by atoms with Crippen LogP contribution in [0.25, 0.3) is 27.8 Å². The van der Waals surface area contributed by atoms with Gasteiger partial charge in [0.15, 0.2) is 11.5 Å². The first-order chi connectivity index (χ1) is 10.2. The van der Waals surface area contributed by atoms with Crippen LogP contribution in [0.4, 0.5) is 5.69 Å². The Morgan fingerprint density at radius 1 is 0.952 bits per heavy atom. The lowest BCUT2D eigenvalue weighted by Crippen LogP contribution is -1.95. The van der Waals surface area contributed by atoms with Gasteiger partial charge in [0.1, 0.15) is 0 Å². The number of hydrogen-bond acceptors (Lipinski definition) is 3. The molecular formula is C17H14N4. The van der Waals surface area contributed by atoms with Crippen LogP contribution in [0.3, 0.4) is 0 Å². The molecule has 0 saturated heterocycles. The third kappa shape index (κ3) is 1.84. The first-order valence-corrected chi connectivity index (χ1v) is 6.82. The molecule has 4 rings (SSSR count). The first kappa shape index (κ1) is 11.9. The average molecular weight is 274 g/mol. The number of nitrogens with two attached hydrogens (primary N) is 1. The monoisotopic (exact) mass is 274 g/mol. The fourth-order valence-electron chi connectivity index (χ4n) is 2.63. The molecule has 21 heavy (non-hydrogen) atoms. The molecule has 0 spiro atoms. The topological polar surface area (TPSA) is 56.2 Å². The van der Waals surface area contributed by atoms with Crippen LogP contribution in [0.15, 0.2) is 54.7 Å². The Kier molecular flexibility index (Phi) is 2.44. The minimum absolute atomic E-state index is 0.712. The number of benzene rings is 2. The van der Waals surface area contributed by atoms with Crippen LogP contribution >= 0.6 is 0 Å². The summed E-state index contributed by atoms with van der Waals surface area (Å²) in [7, 11) is 0. The van der Waals surface area contributed by atoms with Crippen LogP contribution in [0.2, 0.25) is 0 Å². The average Bonchev–Trinajstić information content (AvgIpc) is 2.89. The Balaban J connectivity index is 2.01. The molecule has 0 unspecified atom stereocenters. The Bertz CT molecular complexity index is 969. The summed E-state index contributed by atoms with van der Waals surface area (Å²) < 4.78 is 1.97. The Hall–Kier alpha value is -2.88. The van der Waals surface area contributed by atoms with Crippen LogP contribution < -0.4 is 5.73 Å². The van der Waals surface area contributed by atoms with Gasteiger partial charge in [0, 0.05) is 17.4 Å². The van der Waals surface area contributed by atoms with E-state index in [0.717, 1.165) is 33.4 Å². The maximum atomic E-state index is 6.22. The summed E-state index contributed by atoms with van der Waals surface area (Å²) in [6.45, 7) is 2.04. The number of nitrogen functional groups attached to an aromatic ring is 1. The van der Waals surface area contributed by atoms with Gasteiger partial charge in [0.2, 0.25) is 0 Å². The van der Waals surface area contributed by atoms with Gasteiger partial charge in [-0.1, -0.05) is 24.3 Å². The molecule has 0 aliphatic rings. The molecule has 2 aromatic carbocycles. The smallest absolute Gasteiger partial charge is 0.170 e. The summed E-state index contributed by atoms with van der Waals surface area (Å²) in [6.07, 6.45) is 1.98. The second-order valence-corrected chi connectivity index (χ2v) is 5.24. The molecular weight excluding hydrogens is 260 g/mol. The SMILES string of the molecule is Cc1ccn2c(-c3cc4ccccc4cc3N)nnc2c1. The predicted molar refractivity (Wildman–Crippen MR) is 85.1 cm³/mol. The van der Waals surface area contributed by atoms with Gasteiger partial charge >= 0.3 is 0 Å². The van der Waals surface area contributed by atoms with E-state index in [-0.39, 0.29) is 0 Å². The maximum Gasteiger partial charge on any atom is 0.170 e. The summed E-state index contributed by atoms with van der Waals surface area (Å²) in [5.41, 5.74) is 9.83. The van der Waals surface area contributed by atoms with Crippen molar-refractivity contribution in [2.45, 2.75) is 6.92 Å². The Labute approximate surface area is 121 Å². The molecule has 0 fully saturated rings. The van der Waals surface area contributed by atoms with Crippen molar-refractivity contribution < 1.29 is 0 Å². The van der Waals surface area contributed by atoms with E-state index >= 15 is 0 Å². The lowest BCUT2D eigenvalue weighted by molar-refractivity contribution is 1.11. The predicted octanol–water partition coefficient (Wildman–Crippen LogP) is 3.44. The van der Waals surface area contributed by atoms with Gasteiger partial charge in [-0.3, -0.25) is 4.40 Å². The summed E-state index contributed by atoms with van der Waals surface area (Å²) in [5.74, 6) is 0.772. The first-order valence-electron chi connectivity index (χ1n) is 6.82. The largest absolute Gasteiger partial charge is 0.398 e. The van der Waals surface area contributed by atoms with Gasteiger partial charge < -0.3 is 5.73 Å². The van der Waals surface area contributed by atoms with Gasteiger partial charge in [-0.15, -0.1) is 10.2 Å². The van der Waals surface area contributed by atoms with E-state index in [1.165, 1.54) is 0 Å². The molecule has 2 aromatic heterocycles. The highest BCUT2D eigenvalue weighted by molar-refractivity contribution is 5.92. The van der Waals surface area contributed by atoms with Crippen molar-refractivity contribution in [1.29, 1.82) is 0 Å². The summed E-state index contributed by atoms with van der Waals surface area (Å²) in [6, 6.07) is 16.3. The fourth-order valence-corrected chi connectivity index (χ4v) is 2.63. The molecule has 102 valence electrons. The normalized spacial score (nSPS) is 11.3. The molecule has 4 heteroatoms. The van der Waals surface area contributed by atoms with Gasteiger partial charge in [-0.2, -0.15) is 0 Å². The molecule has 0 saturated carbocycles. The number of rotatable bonds is 1. The number of pyridine rings is 1. The molecule has 4 nitrogen and oxygen atoms in total. The third-order valence-electron chi connectivity index (χ3n) is 3.72. The second-order valence-electron chi connectivity index (χ2n) is 5.24. The lowest BCUT2D eigenvalue weighted by atomic mass is 10.0. The molecule has 0 bridgehead atoms. The number of hydrogen-bond donors (Lipinski definition) is 1. The number of aromatic nitrogens is 3. The Morgan fingerprint density at radius 2 is 1.71 bits per heavy atom. The van der Waals surface area contributed by atoms with E-state index in [1.54, 1.807) is 0 Å². The summed E-state index contributed by atoms with van der Waals surface area (Å²) in [4.78, 5) is 0. The standard InChI is InChI=1S/C17H14N4/c1-11-6-7-21-16(8-11)19-20-17(21)14-9-12-4-2-3-5-13(12)10-15(14)18/h2-10H,18H2,1H3. The van der Waals surface area contributed by atoms with E-state index in [4.69, 9.17) is 5.73 Å². The zero-order valence-electron chi connectivity index (χ0n) is 11.6. The highest BCUT2D eigenvalue weighted by Crippen LogP contribution is 2.29. The highest BCUT2D eigenvalue weighted by Gasteiger charge is 2.12. The number of nitrogens with zero attached hydrogens (tertiary/aromatic N) is 3. The minimum Gasteiger partial charge on any atom is -0.398 e. The third-order valence-corrected chi connectivity index (χ3v) is 3.72. The van der Waals surface area contributed by atoms with Crippen molar-refractivity contribution >= 4 is 22.1 Å². The van der Waals surface area contributed by atoms with Crippen molar-refractivity contribution in [2.75, 3.05) is 5.73 Å². The quantitative estimate of drug-likeness (QED) is 0.541. The molecule has 0 atom stereocenters. The zero-order chi connectivity index (χ0) is 14.4. The lowest BCUT2D eigenvalue weighted by Gasteiger charge is -2.07. The van der Waals surface area contributed by atoms with Crippen LogP contribution in [-0.4, -0.2) is 14.6 Å². The van der Waals surface area contributed by atoms with Crippen LogP contribution in [0, 0.1) is 6.92 Å². The van der Waals surface area contributed by atoms with E-state index < -0.39 is 0 Å². The van der Waals surface area contributed by atoms with Crippen LogP contribution in [0.5, 0.6) is 0 Å². The van der Waals surface area contributed by atoms with E-state index in [0.29, 0.717) is 5.69 Å². The number of anilines is 1. The molecule has 2 heterocycles. The van der Waals surface area contributed by atoms with Gasteiger partial charge in [-0.05, 0) is 47.5 Å². The number of fused-ring (bicyclic) bond motifs is 2. The van der Waals surface area contributed by atoms with Crippen molar-refractivity contribution in [2.24, 2.45) is 0 Å². The Morgan fingerprint density at radius 3 is 2.52 bits per heavy atom.